The van der Waals surface area contributed by atoms with Crippen LogP contribution in [0, 0.1) is 6.92 Å². The zero-order valence-corrected chi connectivity index (χ0v) is 13.8. The number of rotatable bonds is 5. The molecule has 0 saturated carbocycles. The van der Waals surface area contributed by atoms with Gasteiger partial charge in [0.15, 0.2) is 0 Å². The summed E-state index contributed by atoms with van der Waals surface area (Å²) in [6.07, 6.45) is 1.23. The van der Waals surface area contributed by atoms with Crippen molar-refractivity contribution in [2.45, 2.75) is 26.0 Å². The molecule has 1 aromatic heterocycles. The molecule has 0 radical (unpaired) electrons. The predicted molar refractivity (Wildman–Crippen MR) is 86.4 cm³/mol. The predicted octanol–water partition coefficient (Wildman–Crippen LogP) is 5.52. The van der Waals surface area contributed by atoms with Gasteiger partial charge in [-0.3, -0.25) is 0 Å². The van der Waals surface area contributed by atoms with Crippen LogP contribution in [0.15, 0.2) is 28.7 Å². The molecule has 0 aliphatic rings. The number of hydrogen-bond acceptors (Lipinski definition) is 3. The highest BCUT2D eigenvalue weighted by Gasteiger charge is 2.09. The Balaban J connectivity index is 2.18. The molecule has 18 heavy (non-hydrogen) atoms. The molecule has 0 amide bonds. The third-order valence-corrected chi connectivity index (χ3v) is 5.33. The van der Waals surface area contributed by atoms with Crippen LogP contribution < -0.4 is 0 Å². The van der Waals surface area contributed by atoms with E-state index in [1.807, 2.05) is 29.2 Å². The average Bonchev–Trinajstić information content (AvgIpc) is 2.71. The molecule has 0 saturated heterocycles. The van der Waals surface area contributed by atoms with E-state index in [4.69, 9.17) is 4.98 Å². The van der Waals surface area contributed by atoms with Gasteiger partial charge in [-0.1, -0.05) is 35.0 Å². The summed E-state index contributed by atoms with van der Waals surface area (Å²) in [5.41, 5.74) is 2.33. The van der Waals surface area contributed by atoms with E-state index >= 15 is 0 Å². The number of aryl methyl sites for hydroxylation is 1. The molecule has 1 nitrogen and oxygen atoms in total. The standard InChI is InChI=1S/C14H16BrNS2/c1-3-7-17-9-13-16-14(10(2)18-13)11-5-4-6-12(15)8-11/h4-6,8H,3,7,9H2,1-2H3. The van der Waals surface area contributed by atoms with Crippen molar-refractivity contribution in [3.05, 3.63) is 38.6 Å². The van der Waals surface area contributed by atoms with Crippen LogP contribution in [0.25, 0.3) is 11.3 Å². The lowest BCUT2D eigenvalue weighted by molar-refractivity contribution is 1.10. The van der Waals surface area contributed by atoms with Crippen LogP contribution in [0.2, 0.25) is 0 Å². The Morgan fingerprint density at radius 2 is 2.22 bits per heavy atom. The third-order valence-electron chi connectivity index (χ3n) is 2.51. The normalized spacial score (nSPS) is 10.8. The number of benzene rings is 1. The fourth-order valence-electron chi connectivity index (χ4n) is 1.72. The summed E-state index contributed by atoms with van der Waals surface area (Å²) >= 11 is 7.30. The van der Waals surface area contributed by atoms with E-state index < -0.39 is 0 Å². The molecule has 2 rings (SSSR count). The van der Waals surface area contributed by atoms with Gasteiger partial charge in [0, 0.05) is 20.7 Å². The van der Waals surface area contributed by atoms with Crippen LogP contribution in [0.4, 0.5) is 0 Å². The summed E-state index contributed by atoms with van der Waals surface area (Å²) in [5, 5.41) is 1.24. The smallest absolute Gasteiger partial charge is 0.103 e. The first-order chi connectivity index (χ1) is 8.70. The number of thiazole rings is 1. The first-order valence-electron chi connectivity index (χ1n) is 6.00. The quantitative estimate of drug-likeness (QED) is 0.663. The highest BCUT2D eigenvalue weighted by molar-refractivity contribution is 9.10. The minimum absolute atomic E-state index is 1.04. The molecule has 0 bridgehead atoms. The van der Waals surface area contributed by atoms with Crippen LogP contribution in [-0.4, -0.2) is 10.7 Å². The topological polar surface area (TPSA) is 12.9 Å². The molecular weight excluding hydrogens is 326 g/mol. The SMILES string of the molecule is CCCSCc1nc(-c2cccc(Br)c2)c(C)s1. The first kappa shape index (κ1) is 14.1. The Kier molecular flexibility index (Phi) is 5.27. The zero-order chi connectivity index (χ0) is 13.0. The molecule has 0 unspecified atom stereocenters. The second kappa shape index (κ2) is 6.73. The Labute approximate surface area is 125 Å². The second-order valence-corrected chi connectivity index (χ2v) is 7.38. The van der Waals surface area contributed by atoms with Gasteiger partial charge in [-0.2, -0.15) is 11.8 Å². The molecular formula is C14H16BrNS2. The largest absolute Gasteiger partial charge is 0.240 e. The van der Waals surface area contributed by atoms with Crippen molar-refractivity contribution in [1.82, 2.24) is 4.98 Å². The van der Waals surface area contributed by atoms with E-state index in [2.05, 4.69) is 48.0 Å². The highest BCUT2D eigenvalue weighted by atomic mass is 79.9. The monoisotopic (exact) mass is 341 g/mol. The molecule has 0 N–H and O–H groups in total. The molecule has 0 aliphatic carbocycles. The summed E-state index contributed by atoms with van der Waals surface area (Å²) < 4.78 is 1.11. The van der Waals surface area contributed by atoms with Crippen molar-refractivity contribution in [2.75, 3.05) is 5.75 Å². The lowest BCUT2D eigenvalue weighted by Gasteiger charge is -1.99. The minimum Gasteiger partial charge on any atom is -0.240 e. The number of hydrogen-bond donors (Lipinski definition) is 0. The minimum atomic E-state index is 1.04. The van der Waals surface area contributed by atoms with Crippen LogP contribution in [0.5, 0.6) is 0 Å². The fraction of sp³-hybridized carbons (Fsp3) is 0.357. The maximum Gasteiger partial charge on any atom is 0.103 e. The summed E-state index contributed by atoms with van der Waals surface area (Å²) in [7, 11) is 0. The lowest BCUT2D eigenvalue weighted by Crippen LogP contribution is -1.83. The van der Waals surface area contributed by atoms with E-state index in [0.29, 0.717) is 0 Å². The molecule has 1 heterocycles. The fourth-order valence-corrected chi connectivity index (χ4v) is 4.03. The molecule has 0 spiro atoms. The van der Waals surface area contributed by atoms with Crippen molar-refractivity contribution in [1.29, 1.82) is 0 Å². The third kappa shape index (κ3) is 3.59. The zero-order valence-electron chi connectivity index (χ0n) is 10.6. The van der Waals surface area contributed by atoms with Crippen molar-refractivity contribution in [3.8, 4) is 11.3 Å². The summed E-state index contributed by atoms with van der Waals surface area (Å²) in [5.74, 6) is 2.25. The highest BCUT2D eigenvalue weighted by Crippen LogP contribution is 2.30. The summed E-state index contributed by atoms with van der Waals surface area (Å²) in [6.45, 7) is 4.37. The Bertz CT molecular complexity index is 522. The Morgan fingerprint density at radius 1 is 1.39 bits per heavy atom. The second-order valence-electron chi connectivity index (χ2n) is 4.08. The van der Waals surface area contributed by atoms with Crippen molar-refractivity contribution >= 4 is 39.0 Å². The maximum absolute atomic E-state index is 4.77. The van der Waals surface area contributed by atoms with Crippen LogP contribution in [0.3, 0.4) is 0 Å². The van der Waals surface area contributed by atoms with Gasteiger partial charge in [0.25, 0.3) is 0 Å². The van der Waals surface area contributed by atoms with E-state index in [-0.39, 0.29) is 0 Å². The van der Waals surface area contributed by atoms with Gasteiger partial charge in [-0.05, 0) is 31.2 Å². The molecule has 2 aromatic rings. The van der Waals surface area contributed by atoms with Gasteiger partial charge in [0.1, 0.15) is 5.01 Å². The van der Waals surface area contributed by atoms with Crippen molar-refractivity contribution in [3.63, 3.8) is 0 Å². The molecule has 96 valence electrons. The number of halogens is 1. The number of thioether (sulfide) groups is 1. The molecule has 0 fully saturated rings. The van der Waals surface area contributed by atoms with Crippen LogP contribution >= 0.6 is 39.0 Å². The molecule has 4 heteroatoms. The van der Waals surface area contributed by atoms with Gasteiger partial charge in [0.05, 0.1) is 5.69 Å². The first-order valence-corrected chi connectivity index (χ1v) is 8.77. The summed E-state index contributed by atoms with van der Waals surface area (Å²) in [6, 6.07) is 8.35. The molecule has 0 atom stereocenters. The van der Waals surface area contributed by atoms with Crippen molar-refractivity contribution in [2.24, 2.45) is 0 Å². The van der Waals surface area contributed by atoms with E-state index in [0.717, 1.165) is 15.9 Å². The van der Waals surface area contributed by atoms with Gasteiger partial charge < -0.3 is 0 Å². The maximum atomic E-state index is 4.77. The van der Waals surface area contributed by atoms with Gasteiger partial charge >= 0.3 is 0 Å². The lowest BCUT2D eigenvalue weighted by atomic mass is 10.1. The molecule has 0 aliphatic heterocycles. The Morgan fingerprint density at radius 3 is 2.94 bits per heavy atom. The number of nitrogens with zero attached hydrogens (tertiary/aromatic N) is 1. The van der Waals surface area contributed by atoms with Gasteiger partial charge in [0.2, 0.25) is 0 Å². The Hall–Kier alpha value is -0.320. The summed E-state index contributed by atoms with van der Waals surface area (Å²) in [4.78, 5) is 6.08. The van der Waals surface area contributed by atoms with Crippen LogP contribution in [0.1, 0.15) is 23.2 Å². The van der Waals surface area contributed by atoms with Crippen LogP contribution in [-0.2, 0) is 5.75 Å². The van der Waals surface area contributed by atoms with Gasteiger partial charge in [-0.25, -0.2) is 4.98 Å². The van der Waals surface area contributed by atoms with Gasteiger partial charge in [-0.15, -0.1) is 11.3 Å². The molecule has 1 aromatic carbocycles. The number of aromatic nitrogens is 1. The van der Waals surface area contributed by atoms with E-state index in [1.165, 1.54) is 27.6 Å². The van der Waals surface area contributed by atoms with E-state index in [9.17, 15) is 0 Å². The van der Waals surface area contributed by atoms with E-state index in [1.54, 1.807) is 0 Å². The average molecular weight is 342 g/mol. The van der Waals surface area contributed by atoms with Crippen molar-refractivity contribution < 1.29 is 0 Å².